The third-order valence-corrected chi connectivity index (χ3v) is 7.50. The predicted octanol–water partition coefficient (Wildman–Crippen LogP) is 5.21. The fourth-order valence-electron chi connectivity index (χ4n) is 4.97. The Labute approximate surface area is 237 Å². The number of aliphatic hydroxyl groups is 2. The molecule has 1 amide bonds. The molecule has 0 fully saturated rings. The number of benzene rings is 2. The van der Waals surface area contributed by atoms with Gasteiger partial charge < -0.3 is 24.8 Å². The van der Waals surface area contributed by atoms with E-state index in [0.29, 0.717) is 37.1 Å². The second-order valence-electron chi connectivity index (χ2n) is 10.7. The van der Waals surface area contributed by atoms with Crippen LogP contribution in [0.4, 0.5) is 0 Å². The third-order valence-electron chi connectivity index (χ3n) is 7.50. The highest BCUT2D eigenvalue weighted by Gasteiger charge is 2.31. The molecule has 1 aromatic heterocycles. The minimum absolute atomic E-state index is 0.0257. The van der Waals surface area contributed by atoms with Gasteiger partial charge in [0.25, 0.3) is 5.91 Å². The van der Waals surface area contributed by atoms with E-state index >= 15 is 0 Å². The number of rotatable bonds is 14. The number of carbonyl (C=O) groups is 1. The molecular formula is C32H42N4O4. The van der Waals surface area contributed by atoms with E-state index < -0.39 is 5.60 Å². The topological polar surface area (TPSA) is 109 Å². The molecule has 0 aliphatic carbocycles. The Morgan fingerprint density at radius 2 is 1.82 bits per heavy atom. The lowest BCUT2D eigenvalue weighted by atomic mass is 9.96. The monoisotopic (exact) mass is 546 g/mol. The number of nitrogens with one attached hydrogen (secondary N) is 1. The first kappa shape index (κ1) is 29.5. The first-order valence-electron chi connectivity index (χ1n) is 14.4. The second-order valence-corrected chi connectivity index (χ2v) is 10.7. The number of aryl methyl sites for hydroxylation is 1. The molecule has 8 nitrogen and oxygen atoms in total. The Hall–Kier alpha value is -3.49. The molecule has 1 aliphatic heterocycles. The zero-order valence-electron chi connectivity index (χ0n) is 24.2. The highest BCUT2D eigenvalue weighted by atomic mass is 16.5. The normalized spacial score (nSPS) is 15.3. The summed E-state index contributed by atoms with van der Waals surface area (Å²) in [6.45, 7) is 10.6. The van der Waals surface area contributed by atoms with E-state index in [9.17, 15) is 15.0 Å². The molecule has 40 heavy (non-hydrogen) atoms. The second kappa shape index (κ2) is 12.8. The first-order chi connectivity index (χ1) is 19.2. The number of amides is 1. The van der Waals surface area contributed by atoms with E-state index in [2.05, 4.69) is 10.3 Å². The molecule has 3 N–H and O–H groups in total. The summed E-state index contributed by atoms with van der Waals surface area (Å²) in [5.74, 6) is 1.25. The smallest absolute Gasteiger partial charge is 0.251 e. The van der Waals surface area contributed by atoms with E-state index in [1.807, 2.05) is 88.0 Å². The van der Waals surface area contributed by atoms with Crippen molar-refractivity contribution in [1.82, 2.24) is 14.9 Å². The molecule has 0 radical (unpaired) electrons. The largest absolute Gasteiger partial charge is 0.491 e. The van der Waals surface area contributed by atoms with Crippen molar-refractivity contribution in [3.63, 3.8) is 0 Å². The third kappa shape index (κ3) is 6.80. The molecule has 0 bridgehead atoms. The summed E-state index contributed by atoms with van der Waals surface area (Å²) in [6, 6.07) is 13.3. The Morgan fingerprint density at radius 1 is 1.12 bits per heavy atom. The summed E-state index contributed by atoms with van der Waals surface area (Å²) in [5, 5.41) is 23.8. The Kier molecular flexibility index (Phi) is 9.43. The first-order valence-corrected chi connectivity index (χ1v) is 14.4. The minimum atomic E-state index is -0.946. The van der Waals surface area contributed by atoms with Gasteiger partial charge in [-0.25, -0.2) is 4.98 Å². The fraction of sp³-hybridized carbons (Fsp3) is 0.469. The van der Waals surface area contributed by atoms with Crippen molar-refractivity contribution in [3.8, 4) is 17.0 Å². The van der Waals surface area contributed by atoms with Gasteiger partial charge in [0.1, 0.15) is 23.2 Å². The highest BCUT2D eigenvalue weighted by molar-refractivity contribution is 5.95. The molecule has 0 saturated carbocycles. The maximum absolute atomic E-state index is 13.2. The standard InChI is InChI=1S/C32H42N4O4/c1-6-32(39,7-2)31-35-28(20-36(31)8-3)23-11-9-22(10-12-23)17-25(15-16-37)34-30(38)24-13-14-29(40-21(4)5)26(18-24)27-19-33-27/h9-14,18-21,25,27,37,39H,6-8,15-17H2,1-5H3,(H,34,38)/t25-,27?/m1/s1. The molecule has 8 heteroatoms. The Morgan fingerprint density at radius 3 is 2.40 bits per heavy atom. The van der Waals surface area contributed by atoms with Crippen LogP contribution >= 0.6 is 0 Å². The van der Waals surface area contributed by atoms with Crippen LogP contribution in [0.25, 0.3) is 11.3 Å². The summed E-state index contributed by atoms with van der Waals surface area (Å²) in [6.07, 6.45) is 6.08. The Bertz CT molecular complexity index is 1320. The van der Waals surface area contributed by atoms with E-state index in [-0.39, 0.29) is 30.7 Å². The van der Waals surface area contributed by atoms with Gasteiger partial charge >= 0.3 is 0 Å². The molecule has 3 aromatic rings. The molecule has 2 atom stereocenters. The summed E-state index contributed by atoms with van der Waals surface area (Å²) >= 11 is 0. The number of nitrogens with zero attached hydrogens (tertiary/aromatic N) is 3. The van der Waals surface area contributed by atoms with Gasteiger partial charge in [-0.05, 0) is 70.2 Å². The number of aliphatic imine (C=N–C) groups is 1. The van der Waals surface area contributed by atoms with E-state index in [1.54, 1.807) is 6.07 Å². The zero-order valence-corrected chi connectivity index (χ0v) is 24.2. The van der Waals surface area contributed by atoms with Crippen molar-refractivity contribution in [2.75, 3.05) is 6.61 Å². The van der Waals surface area contributed by atoms with Crippen LogP contribution in [0, 0.1) is 0 Å². The summed E-state index contributed by atoms with van der Waals surface area (Å²) in [4.78, 5) is 22.2. The van der Waals surface area contributed by atoms with Crippen LogP contribution in [0.5, 0.6) is 5.75 Å². The Balaban J connectivity index is 1.47. The average molecular weight is 547 g/mol. The van der Waals surface area contributed by atoms with Crippen molar-refractivity contribution in [2.24, 2.45) is 4.99 Å². The highest BCUT2D eigenvalue weighted by Crippen LogP contribution is 2.34. The number of hydrogen-bond acceptors (Lipinski definition) is 6. The van der Waals surface area contributed by atoms with Crippen LogP contribution in [0.15, 0.2) is 53.7 Å². The maximum Gasteiger partial charge on any atom is 0.251 e. The lowest BCUT2D eigenvalue weighted by Crippen LogP contribution is -2.37. The molecular weight excluding hydrogens is 504 g/mol. The van der Waals surface area contributed by atoms with E-state index in [0.717, 1.165) is 34.7 Å². The van der Waals surface area contributed by atoms with Crippen LogP contribution in [0.1, 0.15) is 87.2 Å². The van der Waals surface area contributed by atoms with Crippen LogP contribution in [0.3, 0.4) is 0 Å². The van der Waals surface area contributed by atoms with Crippen molar-refractivity contribution in [3.05, 3.63) is 71.2 Å². The average Bonchev–Trinajstić information content (AvgIpc) is 3.70. The van der Waals surface area contributed by atoms with Gasteiger partial charge in [-0.2, -0.15) is 0 Å². The number of hydrogen-bond donors (Lipinski definition) is 3. The van der Waals surface area contributed by atoms with Gasteiger partial charge in [0.15, 0.2) is 0 Å². The van der Waals surface area contributed by atoms with Crippen LogP contribution in [0.2, 0.25) is 0 Å². The van der Waals surface area contributed by atoms with Gasteiger partial charge in [0.2, 0.25) is 0 Å². The van der Waals surface area contributed by atoms with Crippen LogP contribution in [-0.2, 0) is 18.6 Å². The fourth-order valence-corrected chi connectivity index (χ4v) is 4.97. The molecule has 1 aliphatic rings. The summed E-state index contributed by atoms with van der Waals surface area (Å²) in [5.41, 5.74) is 3.32. The van der Waals surface area contributed by atoms with Crippen molar-refractivity contribution >= 4 is 12.1 Å². The van der Waals surface area contributed by atoms with E-state index in [4.69, 9.17) is 9.72 Å². The SMILES string of the molecule is CCn1cc(-c2ccc(C[C@@H](CCO)NC(=O)c3ccc(OC(C)C)c(C4C=N4)c3)cc2)nc1C(O)(CC)CC. The maximum atomic E-state index is 13.2. The van der Waals surface area contributed by atoms with Gasteiger partial charge in [0, 0.05) is 48.3 Å². The lowest BCUT2D eigenvalue weighted by Gasteiger charge is -2.25. The van der Waals surface area contributed by atoms with Crippen molar-refractivity contribution in [1.29, 1.82) is 0 Å². The number of aliphatic hydroxyl groups excluding tert-OH is 1. The minimum Gasteiger partial charge on any atom is -0.491 e. The zero-order chi connectivity index (χ0) is 28.9. The molecule has 0 spiro atoms. The van der Waals surface area contributed by atoms with Gasteiger partial charge in [-0.3, -0.25) is 9.79 Å². The number of ether oxygens (including phenoxy) is 1. The lowest BCUT2D eigenvalue weighted by molar-refractivity contribution is 0.0161. The number of carbonyl (C=O) groups excluding carboxylic acids is 1. The quantitative estimate of drug-likeness (QED) is 0.257. The number of imidazole rings is 1. The predicted molar refractivity (Wildman–Crippen MR) is 158 cm³/mol. The molecule has 2 heterocycles. The summed E-state index contributed by atoms with van der Waals surface area (Å²) < 4.78 is 7.92. The van der Waals surface area contributed by atoms with Crippen LogP contribution < -0.4 is 10.1 Å². The van der Waals surface area contributed by atoms with Crippen molar-refractivity contribution < 1.29 is 19.7 Å². The molecule has 2 aromatic carbocycles. The molecule has 4 rings (SSSR count). The van der Waals surface area contributed by atoms with E-state index in [1.165, 1.54) is 0 Å². The van der Waals surface area contributed by atoms with Gasteiger partial charge in [-0.1, -0.05) is 38.1 Å². The summed E-state index contributed by atoms with van der Waals surface area (Å²) in [7, 11) is 0. The molecule has 1 unspecified atom stereocenters. The van der Waals surface area contributed by atoms with Gasteiger partial charge in [0.05, 0.1) is 11.8 Å². The van der Waals surface area contributed by atoms with Crippen LogP contribution in [-0.4, -0.2) is 50.6 Å². The van der Waals surface area contributed by atoms with Gasteiger partial charge in [-0.15, -0.1) is 0 Å². The molecule has 0 saturated heterocycles. The number of aromatic nitrogens is 2. The molecule has 214 valence electrons. The van der Waals surface area contributed by atoms with Crippen molar-refractivity contribution in [2.45, 2.75) is 90.6 Å².